The number of halogens is 1. The zero-order valence-electron chi connectivity index (χ0n) is 15.0. The summed E-state index contributed by atoms with van der Waals surface area (Å²) in [6.45, 7) is -0.0387. The number of methoxy groups -OCH3 is 2. The molecule has 0 fully saturated rings. The van der Waals surface area contributed by atoms with Crippen molar-refractivity contribution in [3.05, 3.63) is 64.7 Å². The van der Waals surface area contributed by atoms with E-state index in [2.05, 4.69) is 5.32 Å². The predicted octanol–water partition coefficient (Wildman–Crippen LogP) is 3.23. The number of carbonyl (C=O) groups is 2. The summed E-state index contributed by atoms with van der Waals surface area (Å²) >= 11 is 5.80. The molecule has 0 bridgehead atoms. The smallest absolute Gasteiger partial charge is 0.331 e. The molecule has 27 heavy (non-hydrogen) atoms. The molecule has 0 spiro atoms. The lowest BCUT2D eigenvalue weighted by atomic mass is 10.2. The summed E-state index contributed by atoms with van der Waals surface area (Å²) in [6, 6.07) is 12.3. The van der Waals surface area contributed by atoms with Gasteiger partial charge in [-0.05, 0) is 35.9 Å². The Bertz CT molecular complexity index is 818. The van der Waals surface area contributed by atoms with Crippen molar-refractivity contribution in [2.45, 2.75) is 6.54 Å². The summed E-state index contributed by atoms with van der Waals surface area (Å²) in [5.41, 5.74) is 1.58. The third-order valence-corrected chi connectivity index (χ3v) is 3.84. The zero-order chi connectivity index (χ0) is 19.6. The number of amides is 1. The van der Waals surface area contributed by atoms with E-state index >= 15 is 0 Å². The lowest BCUT2D eigenvalue weighted by molar-refractivity contribution is -0.143. The van der Waals surface area contributed by atoms with Crippen LogP contribution in [0.25, 0.3) is 6.08 Å². The van der Waals surface area contributed by atoms with Gasteiger partial charge in [-0.3, -0.25) is 4.79 Å². The molecule has 0 atom stereocenters. The van der Waals surface area contributed by atoms with E-state index in [0.717, 1.165) is 5.56 Å². The van der Waals surface area contributed by atoms with Gasteiger partial charge in [-0.2, -0.15) is 0 Å². The Kier molecular flexibility index (Phi) is 7.70. The molecule has 2 aromatic rings. The maximum Gasteiger partial charge on any atom is 0.331 e. The Labute approximate surface area is 162 Å². The predicted molar refractivity (Wildman–Crippen MR) is 103 cm³/mol. The monoisotopic (exact) mass is 389 g/mol. The molecule has 0 aliphatic heterocycles. The van der Waals surface area contributed by atoms with Gasteiger partial charge in [0.05, 0.1) is 14.2 Å². The number of rotatable bonds is 8. The Morgan fingerprint density at radius 2 is 1.81 bits per heavy atom. The first-order valence-electron chi connectivity index (χ1n) is 8.10. The van der Waals surface area contributed by atoms with Crippen molar-refractivity contribution >= 4 is 29.6 Å². The van der Waals surface area contributed by atoms with Gasteiger partial charge in [0.2, 0.25) is 0 Å². The second-order valence-electron chi connectivity index (χ2n) is 5.45. The van der Waals surface area contributed by atoms with Crippen molar-refractivity contribution in [3.63, 3.8) is 0 Å². The minimum atomic E-state index is -0.630. The molecular formula is C20H20ClNO5. The molecule has 6 nitrogen and oxygen atoms in total. The highest BCUT2D eigenvalue weighted by atomic mass is 35.5. The van der Waals surface area contributed by atoms with E-state index in [9.17, 15) is 9.59 Å². The van der Waals surface area contributed by atoms with Gasteiger partial charge in [0, 0.05) is 29.3 Å². The molecule has 0 aliphatic rings. The fraction of sp³-hybridized carbons (Fsp3) is 0.200. The molecule has 0 unspecified atom stereocenters. The Balaban J connectivity index is 1.80. The fourth-order valence-corrected chi connectivity index (χ4v) is 2.28. The van der Waals surface area contributed by atoms with E-state index in [1.54, 1.807) is 55.7 Å². The third-order valence-electron chi connectivity index (χ3n) is 3.59. The molecule has 0 heterocycles. The minimum absolute atomic E-state index is 0.326. The van der Waals surface area contributed by atoms with E-state index in [1.807, 2.05) is 0 Å². The Morgan fingerprint density at radius 3 is 2.48 bits per heavy atom. The number of carbonyl (C=O) groups excluding carboxylic acids is 2. The van der Waals surface area contributed by atoms with Gasteiger partial charge in [0.25, 0.3) is 5.91 Å². The molecule has 0 aromatic heterocycles. The van der Waals surface area contributed by atoms with E-state index in [4.69, 9.17) is 25.8 Å². The van der Waals surface area contributed by atoms with Crippen LogP contribution >= 0.6 is 11.6 Å². The highest BCUT2D eigenvalue weighted by Gasteiger charge is 2.06. The van der Waals surface area contributed by atoms with Crippen molar-refractivity contribution in [1.29, 1.82) is 0 Å². The minimum Gasteiger partial charge on any atom is -0.497 e. The van der Waals surface area contributed by atoms with Crippen LogP contribution < -0.4 is 14.8 Å². The van der Waals surface area contributed by atoms with Gasteiger partial charge < -0.3 is 19.5 Å². The van der Waals surface area contributed by atoms with Crippen molar-refractivity contribution in [1.82, 2.24) is 5.32 Å². The molecule has 7 heteroatoms. The third kappa shape index (κ3) is 6.67. The normalized spacial score (nSPS) is 10.5. The quantitative estimate of drug-likeness (QED) is 0.554. The molecular weight excluding hydrogens is 370 g/mol. The van der Waals surface area contributed by atoms with Crippen LogP contribution in [-0.2, 0) is 20.9 Å². The van der Waals surface area contributed by atoms with Gasteiger partial charge >= 0.3 is 5.97 Å². The standard InChI is InChI=1S/C20H20ClNO5/c1-25-17-9-5-15(18(11-17)26-2)6-10-20(24)27-13-19(23)22-12-14-3-7-16(21)8-4-14/h3-11H,12-13H2,1-2H3,(H,22,23)/b10-6+. The van der Waals surface area contributed by atoms with Crippen LogP contribution in [0.1, 0.15) is 11.1 Å². The first-order valence-corrected chi connectivity index (χ1v) is 8.47. The van der Waals surface area contributed by atoms with Crippen LogP contribution in [0, 0.1) is 0 Å². The van der Waals surface area contributed by atoms with Crippen molar-refractivity contribution in [2.75, 3.05) is 20.8 Å². The fourth-order valence-electron chi connectivity index (χ4n) is 2.15. The molecule has 2 aromatic carbocycles. The molecule has 2 rings (SSSR count). The van der Waals surface area contributed by atoms with Crippen LogP contribution in [0.5, 0.6) is 11.5 Å². The molecule has 142 valence electrons. The van der Waals surface area contributed by atoms with Gasteiger partial charge in [0.1, 0.15) is 11.5 Å². The lowest BCUT2D eigenvalue weighted by Gasteiger charge is -2.07. The highest BCUT2D eigenvalue weighted by Crippen LogP contribution is 2.25. The molecule has 1 N–H and O–H groups in total. The molecule has 0 saturated heterocycles. The number of esters is 1. The van der Waals surface area contributed by atoms with Crippen molar-refractivity contribution in [2.24, 2.45) is 0 Å². The topological polar surface area (TPSA) is 73.9 Å². The lowest BCUT2D eigenvalue weighted by Crippen LogP contribution is -2.28. The Morgan fingerprint density at radius 1 is 1.07 bits per heavy atom. The summed E-state index contributed by atoms with van der Waals surface area (Å²) in [5, 5.41) is 3.29. The van der Waals surface area contributed by atoms with Crippen LogP contribution in [0.4, 0.5) is 0 Å². The maximum atomic E-state index is 11.8. The van der Waals surface area contributed by atoms with Crippen molar-refractivity contribution in [3.8, 4) is 11.5 Å². The summed E-state index contributed by atoms with van der Waals surface area (Å²) < 4.78 is 15.3. The van der Waals surface area contributed by atoms with Gasteiger partial charge in [-0.25, -0.2) is 4.79 Å². The van der Waals surface area contributed by atoms with Crippen LogP contribution in [0.3, 0.4) is 0 Å². The van der Waals surface area contributed by atoms with Gasteiger partial charge in [-0.1, -0.05) is 23.7 Å². The van der Waals surface area contributed by atoms with Gasteiger partial charge in [-0.15, -0.1) is 0 Å². The largest absolute Gasteiger partial charge is 0.497 e. The summed E-state index contributed by atoms with van der Waals surface area (Å²) in [7, 11) is 3.08. The van der Waals surface area contributed by atoms with E-state index < -0.39 is 11.9 Å². The average molecular weight is 390 g/mol. The second-order valence-corrected chi connectivity index (χ2v) is 5.89. The summed E-state index contributed by atoms with van der Waals surface area (Å²) in [5.74, 6) is 0.172. The number of benzene rings is 2. The highest BCUT2D eigenvalue weighted by molar-refractivity contribution is 6.30. The maximum absolute atomic E-state index is 11.8. The van der Waals surface area contributed by atoms with Gasteiger partial charge in [0.15, 0.2) is 6.61 Å². The first kappa shape index (κ1) is 20.3. The van der Waals surface area contributed by atoms with E-state index in [-0.39, 0.29) is 6.61 Å². The molecule has 0 saturated carbocycles. The number of nitrogens with one attached hydrogen (secondary N) is 1. The number of ether oxygens (including phenoxy) is 3. The SMILES string of the molecule is COc1ccc(/C=C/C(=O)OCC(=O)NCc2ccc(Cl)cc2)c(OC)c1. The first-order chi connectivity index (χ1) is 13.0. The summed E-state index contributed by atoms with van der Waals surface area (Å²) in [6.07, 6.45) is 2.78. The molecule has 0 aliphatic carbocycles. The van der Waals surface area contributed by atoms with E-state index in [1.165, 1.54) is 13.2 Å². The number of hydrogen-bond acceptors (Lipinski definition) is 5. The molecule has 0 radical (unpaired) electrons. The molecule has 1 amide bonds. The second kappa shape index (κ2) is 10.2. The van der Waals surface area contributed by atoms with Crippen LogP contribution in [-0.4, -0.2) is 32.7 Å². The number of hydrogen-bond donors (Lipinski definition) is 1. The average Bonchev–Trinajstić information content (AvgIpc) is 2.70. The zero-order valence-corrected chi connectivity index (χ0v) is 15.8. The van der Waals surface area contributed by atoms with E-state index in [0.29, 0.717) is 28.6 Å². The van der Waals surface area contributed by atoms with Crippen LogP contribution in [0.15, 0.2) is 48.5 Å². The van der Waals surface area contributed by atoms with Crippen LogP contribution in [0.2, 0.25) is 5.02 Å². The summed E-state index contributed by atoms with van der Waals surface area (Å²) in [4.78, 5) is 23.5. The van der Waals surface area contributed by atoms with Crippen molar-refractivity contribution < 1.29 is 23.8 Å². The Hall–Kier alpha value is -2.99.